The van der Waals surface area contributed by atoms with Gasteiger partial charge in [-0.3, -0.25) is 4.79 Å². The van der Waals surface area contributed by atoms with Crippen LogP contribution in [0.5, 0.6) is 5.75 Å². The highest BCUT2D eigenvalue weighted by Gasteiger charge is 2.23. The van der Waals surface area contributed by atoms with Gasteiger partial charge in [0.2, 0.25) is 0 Å². The first-order valence-corrected chi connectivity index (χ1v) is 11.2. The molecule has 0 unspecified atom stereocenters. The number of carbonyl (C=O) groups is 2. The van der Waals surface area contributed by atoms with Gasteiger partial charge in [0, 0.05) is 16.0 Å². The van der Waals surface area contributed by atoms with Crippen molar-refractivity contribution in [2.24, 2.45) is 0 Å². The molecule has 1 amide bonds. The zero-order chi connectivity index (χ0) is 22.4. The minimum absolute atomic E-state index is 0.169. The van der Waals surface area contributed by atoms with Gasteiger partial charge in [0.1, 0.15) is 16.3 Å². The van der Waals surface area contributed by atoms with Crippen molar-refractivity contribution in [3.8, 4) is 16.9 Å². The second-order valence-corrected chi connectivity index (χ2v) is 8.46. The number of rotatable bonds is 8. The number of halogens is 1. The average molecular weight is 458 g/mol. The van der Waals surface area contributed by atoms with E-state index in [1.54, 1.807) is 19.1 Å². The number of amides is 1. The Hall–Kier alpha value is -2.83. The fraction of sp³-hybridized carbons (Fsp3) is 0.250. The van der Waals surface area contributed by atoms with Crippen molar-refractivity contribution in [1.82, 2.24) is 0 Å². The quantitative estimate of drug-likeness (QED) is 0.398. The zero-order valence-corrected chi connectivity index (χ0v) is 19.2. The fourth-order valence-corrected chi connectivity index (χ4v) is 4.06. The van der Waals surface area contributed by atoms with Crippen LogP contribution in [0.1, 0.15) is 42.6 Å². The maximum atomic E-state index is 12.6. The van der Waals surface area contributed by atoms with Crippen molar-refractivity contribution in [3.63, 3.8) is 0 Å². The standard InChI is InChI=1S/C24H24ClNO4S/c1-4-29-24(28)22-20(17-5-9-18(25)10-6-17)14-31-23(22)26-21(27)13-30-19-11-7-16(8-12-19)15(2)3/h5-12,14-15H,4,13H2,1-3H3,(H,26,27). The molecule has 1 N–H and O–H groups in total. The molecule has 5 nitrogen and oxygen atoms in total. The van der Waals surface area contributed by atoms with E-state index in [4.69, 9.17) is 21.1 Å². The van der Waals surface area contributed by atoms with E-state index in [-0.39, 0.29) is 19.1 Å². The molecule has 0 aliphatic carbocycles. The number of anilines is 1. The van der Waals surface area contributed by atoms with E-state index in [2.05, 4.69) is 19.2 Å². The van der Waals surface area contributed by atoms with Crippen molar-refractivity contribution in [2.75, 3.05) is 18.5 Å². The predicted octanol–water partition coefficient (Wildman–Crippen LogP) is 6.39. The Balaban J connectivity index is 1.74. The van der Waals surface area contributed by atoms with Crippen LogP contribution in [0.2, 0.25) is 5.02 Å². The smallest absolute Gasteiger partial charge is 0.341 e. The number of hydrogen-bond donors (Lipinski definition) is 1. The molecule has 0 aliphatic heterocycles. The Morgan fingerprint density at radius 2 is 1.74 bits per heavy atom. The third-order valence-corrected chi connectivity index (χ3v) is 5.74. The molecule has 0 aliphatic rings. The van der Waals surface area contributed by atoms with Crippen molar-refractivity contribution in [3.05, 3.63) is 70.1 Å². The van der Waals surface area contributed by atoms with Crippen LogP contribution in [-0.4, -0.2) is 25.1 Å². The van der Waals surface area contributed by atoms with Crippen LogP contribution in [0.3, 0.4) is 0 Å². The van der Waals surface area contributed by atoms with Gasteiger partial charge >= 0.3 is 5.97 Å². The summed E-state index contributed by atoms with van der Waals surface area (Å²) in [5, 5.41) is 5.62. The first-order chi connectivity index (χ1) is 14.9. The summed E-state index contributed by atoms with van der Waals surface area (Å²) in [5.41, 5.74) is 3.01. The molecule has 0 fully saturated rings. The van der Waals surface area contributed by atoms with E-state index < -0.39 is 5.97 Å². The largest absolute Gasteiger partial charge is 0.484 e. The molecule has 7 heteroatoms. The molecule has 0 saturated carbocycles. The van der Waals surface area contributed by atoms with Gasteiger partial charge in [-0.25, -0.2) is 4.79 Å². The summed E-state index contributed by atoms with van der Waals surface area (Å²) >= 11 is 7.24. The minimum atomic E-state index is -0.491. The number of benzene rings is 2. The second-order valence-electron chi connectivity index (χ2n) is 7.14. The van der Waals surface area contributed by atoms with Gasteiger partial charge in [-0.1, -0.05) is 49.7 Å². The Kier molecular flexibility index (Phi) is 7.71. The van der Waals surface area contributed by atoms with Crippen LogP contribution in [0.25, 0.3) is 11.1 Å². The summed E-state index contributed by atoms with van der Waals surface area (Å²) in [6, 6.07) is 14.8. The van der Waals surface area contributed by atoms with Crippen LogP contribution in [0.15, 0.2) is 53.9 Å². The number of carbonyl (C=O) groups excluding carboxylic acids is 2. The lowest BCUT2D eigenvalue weighted by atomic mass is 10.0. The number of esters is 1. The van der Waals surface area contributed by atoms with E-state index in [0.29, 0.717) is 32.8 Å². The molecule has 1 heterocycles. The number of nitrogens with one attached hydrogen (secondary N) is 1. The normalized spacial score (nSPS) is 10.7. The minimum Gasteiger partial charge on any atom is -0.484 e. The first-order valence-electron chi connectivity index (χ1n) is 9.96. The van der Waals surface area contributed by atoms with E-state index in [9.17, 15) is 9.59 Å². The molecule has 0 spiro atoms. The first kappa shape index (κ1) is 22.8. The molecule has 162 valence electrons. The molecule has 3 rings (SSSR count). The van der Waals surface area contributed by atoms with Crippen molar-refractivity contribution in [2.45, 2.75) is 26.7 Å². The van der Waals surface area contributed by atoms with Crippen LogP contribution >= 0.6 is 22.9 Å². The molecule has 0 atom stereocenters. The Morgan fingerprint density at radius 1 is 1.06 bits per heavy atom. The van der Waals surface area contributed by atoms with Crippen LogP contribution in [0, 0.1) is 0 Å². The maximum absolute atomic E-state index is 12.6. The van der Waals surface area contributed by atoms with Crippen molar-refractivity contribution < 1.29 is 19.1 Å². The molecule has 0 radical (unpaired) electrons. The van der Waals surface area contributed by atoms with Gasteiger partial charge < -0.3 is 14.8 Å². The molecular formula is C24H24ClNO4S. The topological polar surface area (TPSA) is 64.6 Å². The lowest BCUT2D eigenvalue weighted by Gasteiger charge is -2.10. The van der Waals surface area contributed by atoms with E-state index in [1.165, 1.54) is 16.9 Å². The van der Waals surface area contributed by atoms with Gasteiger partial charge in [-0.05, 0) is 48.2 Å². The molecule has 2 aromatic carbocycles. The number of ether oxygens (including phenoxy) is 2. The molecule has 31 heavy (non-hydrogen) atoms. The summed E-state index contributed by atoms with van der Waals surface area (Å²) in [6.45, 7) is 6.03. The summed E-state index contributed by atoms with van der Waals surface area (Å²) in [7, 11) is 0. The van der Waals surface area contributed by atoms with Crippen molar-refractivity contribution in [1.29, 1.82) is 0 Å². The highest BCUT2D eigenvalue weighted by molar-refractivity contribution is 7.15. The Morgan fingerprint density at radius 3 is 2.35 bits per heavy atom. The summed E-state index contributed by atoms with van der Waals surface area (Å²) in [6.07, 6.45) is 0. The average Bonchev–Trinajstić information content (AvgIpc) is 3.16. The Bertz CT molecular complexity index is 1040. The van der Waals surface area contributed by atoms with E-state index in [1.807, 2.05) is 41.8 Å². The van der Waals surface area contributed by atoms with Gasteiger partial charge in [-0.15, -0.1) is 11.3 Å². The summed E-state index contributed by atoms with van der Waals surface area (Å²) in [4.78, 5) is 25.1. The highest BCUT2D eigenvalue weighted by atomic mass is 35.5. The lowest BCUT2D eigenvalue weighted by Crippen LogP contribution is -2.21. The SMILES string of the molecule is CCOC(=O)c1c(-c2ccc(Cl)cc2)csc1NC(=O)COc1ccc(C(C)C)cc1. The second kappa shape index (κ2) is 10.5. The molecule has 0 bridgehead atoms. The molecular weight excluding hydrogens is 434 g/mol. The van der Waals surface area contributed by atoms with Crippen molar-refractivity contribution >= 4 is 39.8 Å². The third kappa shape index (κ3) is 5.87. The van der Waals surface area contributed by atoms with Crippen LogP contribution in [0.4, 0.5) is 5.00 Å². The summed E-state index contributed by atoms with van der Waals surface area (Å²) < 4.78 is 10.8. The molecule has 3 aromatic rings. The highest BCUT2D eigenvalue weighted by Crippen LogP contribution is 2.36. The zero-order valence-electron chi connectivity index (χ0n) is 17.6. The van der Waals surface area contributed by atoms with Gasteiger partial charge in [0.25, 0.3) is 5.91 Å². The predicted molar refractivity (Wildman–Crippen MR) is 125 cm³/mol. The van der Waals surface area contributed by atoms with E-state index in [0.717, 1.165) is 5.56 Å². The van der Waals surface area contributed by atoms with Crippen LogP contribution in [-0.2, 0) is 9.53 Å². The molecule has 1 aromatic heterocycles. The van der Waals surface area contributed by atoms with E-state index >= 15 is 0 Å². The van der Waals surface area contributed by atoms with Gasteiger partial charge in [-0.2, -0.15) is 0 Å². The van der Waals surface area contributed by atoms with Gasteiger partial charge in [0.05, 0.1) is 6.61 Å². The fourth-order valence-electron chi connectivity index (χ4n) is 2.96. The van der Waals surface area contributed by atoms with Gasteiger partial charge in [0.15, 0.2) is 6.61 Å². The number of thiophene rings is 1. The summed E-state index contributed by atoms with van der Waals surface area (Å²) in [5.74, 6) is 0.183. The maximum Gasteiger partial charge on any atom is 0.341 e. The Labute approximate surface area is 191 Å². The lowest BCUT2D eigenvalue weighted by molar-refractivity contribution is -0.118. The van der Waals surface area contributed by atoms with Crippen LogP contribution < -0.4 is 10.1 Å². The monoisotopic (exact) mass is 457 g/mol. The molecule has 0 saturated heterocycles. The third-order valence-electron chi connectivity index (χ3n) is 4.60. The number of hydrogen-bond acceptors (Lipinski definition) is 5.